The molecule has 4 saturated carbocycles. The van der Waals surface area contributed by atoms with E-state index in [2.05, 4.69) is 6.92 Å². The van der Waals surface area contributed by atoms with Crippen LogP contribution in [0.15, 0.2) is 11.1 Å². The van der Waals surface area contributed by atoms with Crippen LogP contribution in [0.5, 0.6) is 0 Å². The molecule has 8 atom stereocenters. The van der Waals surface area contributed by atoms with Gasteiger partial charge in [0, 0.05) is 25.0 Å². The molecule has 3 nitrogen and oxygen atoms in total. The zero-order chi connectivity index (χ0) is 13.3. The normalized spacial score (nSPS) is 63.3. The third-order valence-electron chi connectivity index (χ3n) is 7.18. The van der Waals surface area contributed by atoms with E-state index in [1.807, 2.05) is 12.7 Å². The molecule has 6 unspecified atom stereocenters. The molecular formula is C16H22O3Si. The molecule has 20 heavy (non-hydrogen) atoms. The molecule has 0 bridgehead atoms. The number of hydrogen-bond donors (Lipinski definition) is 0. The molecule has 0 radical (unpaired) electrons. The molecule has 1 saturated heterocycles. The first-order valence-electron chi connectivity index (χ1n) is 8.43. The summed E-state index contributed by atoms with van der Waals surface area (Å²) in [4.78, 5) is 0. The van der Waals surface area contributed by atoms with Crippen LogP contribution in [0.4, 0.5) is 0 Å². The van der Waals surface area contributed by atoms with Gasteiger partial charge in [0.2, 0.25) is 0 Å². The van der Waals surface area contributed by atoms with Crippen molar-refractivity contribution in [3.8, 4) is 0 Å². The standard InChI is InChI=1S/C16H22O3Si/c1-3-6-20(17-2)18-11-5-4-8-13(11)16(19-20)14(8)12-9-7-10(9)15(12)16/h8-11,13,15H,3-7H2,1-2H3/t8?,9?,10?,11?,13-,15-,16?,20?/m1/s1. The van der Waals surface area contributed by atoms with Gasteiger partial charge in [-0.2, -0.15) is 0 Å². The summed E-state index contributed by atoms with van der Waals surface area (Å²) in [5, 5.41) is 0. The lowest BCUT2D eigenvalue weighted by atomic mass is 9.38. The summed E-state index contributed by atoms with van der Waals surface area (Å²) in [5.41, 5.74) is 3.71. The zero-order valence-electron chi connectivity index (χ0n) is 12.2. The first-order chi connectivity index (χ1) is 9.76. The Balaban J connectivity index is 1.47. The van der Waals surface area contributed by atoms with Crippen molar-refractivity contribution in [3.05, 3.63) is 11.1 Å². The summed E-state index contributed by atoms with van der Waals surface area (Å²) >= 11 is 0. The molecular weight excluding hydrogens is 268 g/mol. The summed E-state index contributed by atoms with van der Waals surface area (Å²) < 4.78 is 19.2. The van der Waals surface area contributed by atoms with Crippen LogP contribution in [0, 0.1) is 29.6 Å². The number of rotatable bonds is 3. The quantitative estimate of drug-likeness (QED) is 0.591. The fraction of sp³-hybridized carbons (Fsp3) is 0.875. The van der Waals surface area contributed by atoms with Gasteiger partial charge >= 0.3 is 8.80 Å². The van der Waals surface area contributed by atoms with Gasteiger partial charge in [-0.05, 0) is 42.6 Å². The Hall–Kier alpha value is -0.163. The average molecular weight is 290 g/mol. The third-order valence-corrected chi connectivity index (χ3v) is 10.2. The largest absolute Gasteiger partial charge is 0.501 e. The predicted molar refractivity (Wildman–Crippen MR) is 74.9 cm³/mol. The number of hydrogen-bond acceptors (Lipinski definition) is 3. The highest BCUT2D eigenvalue weighted by Crippen LogP contribution is 2.85. The van der Waals surface area contributed by atoms with Crippen LogP contribution < -0.4 is 0 Å². The van der Waals surface area contributed by atoms with Crippen LogP contribution in [0.1, 0.15) is 32.6 Å². The van der Waals surface area contributed by atoms with Crippen molar-refractivity contribution in [2.75, 3.05) is 7.11 Å². The van der Waals surface area contributed by atoms with E-state index in [1.54, 1.807) is 5.57 Å². The Labute approximate surface area is 121 Å². The molecule has 108 valence electrons. The first-order valence-corrected chi connectivity index (χ1v) is 10.4. The fourth-order valence-corrected chi connectivity index (χ4v) is 9.49. The van der Waals surface area contributed by atoms with Crippen molar-refractivity contribution >= 4 is 8.80 Å². The van der Waals surface area contributed by atoms with Crippen LogP contribution in [0.2, 0.25) is 6.04 Å². The molecule has 0 aromatic heterocycles. The summed E-state index contributed by atoms with van der Waals surface area (Å²) in [7, 11) is -0.600. The van der Waals surface area contributed by atoms with Gasteiger partial charge < -0.3 is 13.3 Å². The summed E-state index contributed by atoms with van der Waals surface area (Å²) in [6.07, 6.45) is 5.56. The zero-order valence-corrected chi connectivity index (χ0v) is 13.2. The van der Waals surface area contributed by atoms with E-state index < -0.39 is 8.80 Å². The smallest absolute Gasteiger partial charge is 0.377 e. The highest BCUT2D eigenvalue weighted by molar-refractivity contribution is 6.61. The molecule has 6 rings (SSSR count). The van der Waals surface area contributed by atoms with Crippen molar-refractivity contribution in [2.45, 2.75) is 50.4 Å². The summed E-state index contributed by atoms with van der Waals surface area (Å²) in [5.74, 6) is 4.24. The second-order valence-corrected chi connectivity index (χ2v) is 10.5. The van der Waals surface area contributed by atoms with E-state index in [9.17, 15) is 0 Å². The van der Waals surface area contributed by atoms with Crippen LogP contribution in [-0.4, -0.2) is 27.6 Å². The van der Waals surface area contributed by atoms with Gasteiger partial charge in [0.15, 0.2) is 0 Å². The first kappa shape index (κ1) is 11.4. The van der Waals surface area contributed by atoms with Crippen molar-refractivity contribution in [1.29, 1.82) is 0 Å². The van der Waals surface area contributed by atoms with Gasteiger partial charge in [0.25, 0.3) is 0 Å². The molecule has 0 aromatic rings. The Morgan fingerprint density at radius 2 is 2.25 bits per heavy atom. The average Bonchev–Trinajstić information content (AvgIpc) is 2.96. The van der Waals surface area contributed by atoms with E-state index in [4.69, 9.17) is 13.3 Å². The van der Waals surface area contributed by atoms with Gasteiger partial charge in [-0.1, -0.05) is 18.9 Å². The summed E-state index contributed by atoms with van der Waals surface area (Å²) in [6, 6.07) is 0.989. The van der Waals surface area contributed by atoms with Gasteiger partial charge in [0.05, 0.1) is 11.7 Å². The SMILES string of the molecule is CCC[Si]1(OC)OC2CCC3C4=C5C6CC6[C@H]5C4(O1)[C@@H]23. The predicted octanol–water partition coefficient (Wildman–Crippen LogP) is 2.75. The maximum Gasteiger partial charge on any atom is 0.501 e. The molecule has 1 heterocycles. The highest BCUT2D eigenvalue weighted by Gasteiger charge is 2.86. The second-order valence-electron chi connectivity index (χ2n) is 7.75. The molecule has 5 aliphatic carbocycles. The van der Waals surface area contributed by atoms with Gasteiger partial charge in [-0.3, -0.25) is 0 Å². The minimum atomic E-state index is -2.41. The van der Waals surface area contributed by atoms with Gasteiger partial charge in [0.1, 0.15) is 0 Å². The Morgan fingerprint density at radius 3 is 3.05 bits per heavy atom. The minimum absolute atomic E-state index is 0.120. The monoisotopic (exact) mass is 290 g/mol. The lowest BCUT2D eigenvalue weighted by molar-refractivity contribution is -0.220. The Morgan fingerprint density at radius 1 is 1.35 bits per heavy atom. The molecule has 1 spiro atoms. The van der Waals surface area contributed by atoms with E-state index in [0.29, 0.717) is 12.0 Å². The van der Waals surface area contributed by atoms with Crippen molar-refractivity contribution in [1.82, 2.24) is 0 Å². The maximum atomic E-state index is 6.80. The highest BCUT2D eigenvalue weighted by atomic mass is 28.4. The number of fused-ring (bicyclic) bond motifs is 5. The van der Waals surface area contributed by atoms with Crippen molar-refractivity contribution < 1.29 is 13.3 Å². The fourth-order valence-electron chi connectivity index (χ4n) is 6.61. The van der Waals surface area contributed by atoms with E-state index in [1.165, 1.54) is 19.3 Å². The van der Waals surface area contributed by atoms with E-state index in [0.717, 1.165) is 36.1 Å². The molecule has 0 aromatic carbocycles. The van der Waals surface area contributed by atoms with Gasteiger partial charge in [-0.25, -0.2) is 0 Å². The minimum Gasteiger partial charge on any atom is -0.377 e. The molecule has 6 aliphatic rings. The van der Waals surface area contributed by atoms with E-state index in [-0.39, 0.29) is 5.60 Å². The van der Waals surface area contributed by atoms with Crippen LogP contribution in [-0.2, 0) is 13.3 Å². The molecule has 0 N–H and O–H groups in total. The summed E-state index contributed by atoms with van der Waals surface area (Å²) in [6.45, 7) is 2.21. The van der Waals surface area contributed by atoms with E-state index >= 15 is 0 Å². The molecule has 5 fully saturated rings. The Kier molecular flexibility index (Phi) is 1.78. The lowest BCUT2D eigenvalue weighted by Crippen LogP contribution is -2.79. The molecule has 1 aliphatic heterocycles. The Bertz CT molecular complexity index is 560. The second kappa shape index (κ2) is 3.12. The van der Waals surface area contributed by atoms with Gasteiger partial charge in [-0.15, -0.1) is 0 Å². The maximum absolute atomic E-state index is 6.80. The molecule has 4 heteroatoms. The molecule has 0 amide bonds. The van der Waals surface area contributed by atoms with Crippen molar-refractivity contribution in [3.63, 3.8) is 0 Å². The lowest BCUT2D eigenvalue weighted by Gasteiger charge is -2.74. The van der Waals surface area contributed by atoms with Crippen molar-refractivity contribution in [2.24, 2.45) is 29.6 Å². The third kappa shape index (κ3) is 0.903. The van der Waals surface area contributed by atoms with Crippen LogP contribution >= 0.6 is 0 Å². The van der Waals surface area contributed by atoms with Crippen LogP contribution in [0.25, 0.3) is 0 Å². The topological polar surface area (TPSA) is 27.7 Å². The van der Waals surface area contributed by atoms with Crippen LogP contribution in [0.3, 0.4) is 0 Å².